The molecular formula is C17H19F2N. The highest BCUT2D eigenvalue weighted by Gasteiger charge is 2.09. The summed E-state index contributed by atoms with van der Waals surface area (Å²) in [6.45, 7) is 6.35. The fraction of sp³-hybridized carbons (Fsp3) is 0.294. The van der Waals surface area contributed by atoms with Gasteiger partial charge in [-0.05, 0) is 47.4 Å². The minimum Gasteiger partial charge on any atom is -0.310 e. The molecule has 0 aliphatic carbocycles. The van der Waals surface area contributed by atoms with Crippen LogP contribution in [0.15, 0.2) is 36.4 Å². The van der Waals surface area contributed by atoms with Crippen molar-refractivity contribution in [3.05, 3.63) is 59.2 Å². The molecule has 0 radical (unpaired) electrons. The molecule has 1 N–H and O–H groups in total. The van der Waals surface area contributed by atoms with Gasteiger partial charge in [0.05, 0.1) is 0 Å². The molecule has 106 valence electrons. The van der Waals surface area contributed by atoms with E-state index in [2.05, 4.69) is 5.32 Å². The summed E-state index contributed by atoms with van der Waals surface area (Å²) in [5, 5.41) is 3.26. The molecule has 2 aromatic carbocycles. The molecule has 0 spiro atoms. The van der Waals surface area contributed by atoms with E-state index in [-0.39, 0.29) is 11.6 Å². The van der Waals surface area contributed by atoms with Crippen LogP contribution in [-0.4, -0.2) is 6.04 Å². The van der Waals surface area contributed by atoms with Crippen molar-refractivity contribution in [2.75, 3.05) is 0 Å². The van der Waals surface area contributed by atoms with Crippen molar-refractivity contribution in [2.45, 2.75) is 33.4 Å². The number of benzene rings is 2. The second-order valence-electron chi connectivity index (χ2n) is 5.30. The van der Waals surface area contributed by atoms with Crippen LogP contribution in [-0.2, 0) is 6.54 Å². The Morgan fingerprint density at radius 1 is 1.05 bits per heavy atom. The van der Waals surface area contributed by atoms with Crippen LogP contribution in [0.2, 0.25) is 0 Å². The van der Waals surface area contributed by atoms with Gasteiger partial charge in [-0.2, -0.15) is 0 Å². The highest BCUT2D eigenvalue weighted by Crippen LogP contribution is 2.26. The zero-order valence-electron chi connectivity index (χ0n) is 12.0. The molecular weight excluding hydrogens is 256 g/mol. The summed E-state index contributed by atoms with van der Waals surface area (Å²) < 4.78 is 27.1. The molecule has 0 unspecified atom stereocenters. The molecule has 2 rings (SSSR count). The first-order chi connectivity index (χ1) is 9.47. The van der Waals surface area contributed by atoms with Gasteiger partial charge in [-0.15, -0.1) is 0 Å². The first kappa shape index (κ1) is 14.7. The molecule has 0 bridgehead atoms. The smallest absolute Gasteiger partial charge is 0.126 e. The van der Waals surface area contributed by atoms with Crippen molar-refractivity contribution in [3.63, 3.8) is 0 Å². The minimum atomic E-state index is -0.276. The summed E-state index contributed by atoms with van der Waals surface area (Å²) in [6.07, 6.45) is 0. The number of aryl methyl sites for hydroxylation is 1. The Bertz CT molecular complexity index is 606. The van der Waals surface area contributed by atoms with Crippen molar-refractivity contribution in [1.29, 1.82) is 0 Å². The first-order valence-electron chi connectivity index (χ1n) is 6.75. The number of hydrogen-bond acceptors (Lipinski definition) is 1. The van der Waals surface area contributed by atoms with Gasteiger partial charge in [0.2, 0.25) is 0 Å². The second kappa shape index (κ2) is 6.14. The topological polar surface area (TPSA) is 12.0 Å². The van der Waals surface area contributed by atoms with Crippen LogP contribution in [0.25, 0.3) is 11.1 Å². The van der Waals surface area contributed by atoms with Crippen LogP contribution in [0.4, 0.5) is 8.78 Å². The summed E-state index contributed by atoms with van der Waals surface area (Å²) in [4.78, 5) is 0. The summed E-state index contributed by atoms with van der Waals surface area (Å²) in [6, 6.07) is 10.0. The van der Waals surface area contributed by atoms with Gasteiger partial charge in [-0.1, -0.05) is 32.0 Å². The molecule has 0 aliphatic heterocycles. The summed E-state index contributed by atoms with van der Waals surface area (Å²) in [7, 11) is 0. The molecule has 0 atom stereocenters. The van der Waals surface area contributed by atoms with Gasteiger partial charge in [0.15, 0.2) is 0 Å². The maximum Gasteiger partial charge on any atom is 0.126 e. The largest absolute Gasteiger partial charge is 0.310 e. The van der Waals surface area contributed by atoms with Gasteiger partial charge >= 0.3 is 0 Å². The fourth-order valence-corrected chi connectivity index (χ4v) is 2.06. The lowest BCUT2D eigenvalue weighted by atomic mass is 9.98. The molecule has 0 saturated heterocycles. The Kier molecular flexibility index (Phi) is 4.50. The van der Waals surface area contributed by atoms with Gasteiger partial charge in [0.1, 0.15) is 11.6 Å². The van der Waals surface area contributed by atoms with Crippen molar-refractivity contribution >= 4 is 0 Å². The lowest BCUT2D eigenvalue weighted by molar-refractivity contribution is 0.582. The van der Waals surface area contributed by atoms with Crippen LogP contribution >= 0.6 is 0 Å². The number of rotatable bonds is 4. The van der Waals surface area contributed by atoms with E-state index in [1.165, 1.54) is 18.2 Å². The number of halogens is 2. The Morgan fingerprint density at radius 2 is 1.80 bits per heavy atom. The maximum absolute atomic E-state index is 13.7. The normalized spacial score (nSPS) is 11.1. The Morgan fingerprint density at radius 3 is 2.45 bits per heavy atom. The van der Waals surface area contributed by atoms with E-state index in [1.807, 2.05) is 19.9 Å². The van der Waals surface area contributed by atoms with Crippen molar-refractivity contribution in [1.82, 2.24) is 5.32 Å². The zero-order chi connectivity index (χ0) is 14.7. The lowest BCUT2D eigenvalue weighted by Crippen LogP contribution is -2.22. The fourth-order valence-electron chi connectivity index (χ4n) is 2.06. The van der Waals surface area contributed by atoms with Gasteiger partial charge in [0.25, 0.3) is 0 Å². The Hall–Kier alpha value is -1.74. The van der Waals surface area contributed by atoms with E-state index >= 15 is 0 Å². The van der Waals surface area contributed by atoms with E-state index < -0.39 is 0 Å². The molecule has 3 heteroatoms. The number of nitrogens with one attached hydrogen (secondary N) is 1. The third kappa shape index (κ3) is 3.42. The van der Waals surface area contributed by atoms with Crippen LogP contribution in [0.1, 0.15) is 25.0 Å². The third-order valence-corrected chi connectivity index (χ3v) is 3.25. The van der Waals surface area contributed by atoms with Gasteiger partial charge in [0, 0.05) is 12.6 Å². The average Bonchev–Trinajstić information content (AvgIpc) is 2.40. The second-order valence-corrected chi connectivity index (χ2v) is 5.30. The monoisotopic (exact) mass is 275 g/mol. The van der Waals surface area contributed by atoms with E-state index in [9.17, 15) is 8.78 Å². The standard InChI is InChI=1S/C17H19F2N/c1-11(2)20-10-14-8-15(18)6-7-16(14)13-5-4-12(3)17(19)9-13/h4-9,11,20H,10H2,1-3H3. The van der Waals surface area contributed by atoms with Gasteiger partial charge in [-0.3, -0.25) is 0 Å². The lowest BCUT2D eigenvalue weighted by Gasteiger charge is -2.13. The van der Waals surface area contributed by atoms with E-state index in [4.69, 9.17) is 0 Å². The highest BCUT2D eigenvalue weighted by atomic mass is 19.1. The summed E-state index contributed by atoms with van der Waals surface area (Å²) in [5.41, 5.74) is 3.08. The average molecular weight is 275 g/mol. The SMILES string of the molecule is Cc1ccc(-c2ccc(F)cc2CNC(C)C)cc1F. The predicted octanol–water partition coefficient (Wildman–Crippen LogP) is 4.44. The van der Waals surface area contributed by atoms with Crippen molar-refractivity contribution in [3.8, 4) is 11.1 Å². The van der Waals surface area contributed by atoms with Crippen LogP contribution in [0.3, 0.4) is 0 Å². The van der Waals surface area contributed by atoms with Crippen LogP contribution < -0.4 is 5.32 Å². The zero-order valence-corrected chi connectivity index (χ0v) is 12.0. The predicted molar refractivity (Wildman–Crippen MR) is 78.5 cm³/mol. The molecule has 0 fully saturated rings. The van der Waals surface area contributed by atoms with Crippen molar-refractivity contribution in [2.24, 2.45) is 0 Å². The van der Waals surface area contributed by atoms with Crippen molar-refractivity contribution < 1.29 is 8.78 Å². The molecule has 20 heavy (non-hydrogen) atoms. The maximum atomic E-state index is 13.7. The van der Waals surface area contributed by atoms with E-state index in [0.29, 0.717) is 18.2 Å². The molecule has 2 aromatic rings. The van der Waals surface area contributed by atoms with E-state index in [1.54, 1.807) is 19.1 Å². The highest BCUT2D eigenvalue weighted by molar-refractivity contribution is 5.67. The quantitative estimate of drug-likeness (QED) is 0.870. The number of hydrogen-bond donors (Lipinski definition) is 1. The molecule has 1 nitrogen and oxygen atoms in total. The minimum absolute atomic E-state index is 0.241. The molecule has 0 saturated carbocycles. The molecule has 0 aromatic heterocycles. The first-order valence-corrected chi connectivity index (χ1v) is 6.75. The third-order valence-electron chi connectivity index (χ3n) is 3.25. The van der Waals surface area contributed by atoms with Gasteiger partial charge < -0.3 is 5.32 Å². The Balaban J connectivity index is 2.41. The van der Waals surface area contributed by atoms with Crippen LogP contribution in [0.5, 0.6) is 0 Å². The molecule has 0 heterocycles. The Labute approximate surface area is 118 Å². The summed E-state index contributed by atoms with van der Waals surface area (Å²) >= 11 is 0. The molecule has 0 aliphatic rings. The van der Waals surface area contributed by atoms with Gasteiger partial charge in [-0.25, -0.2) is 8.78 Å². The molecule has 0 amide bonds. The summed E-state index contributed by atoms with van der Waals surface area (Å²) in [5.74, 6) is -0.517. The van der Waals surface area contributed by atoms with Crippen LogP contribution in [0, 0.1) is 18.6 Å². The van der Waals surface area contributed by atoms with E-state index in [0.717, 1.165) is 16.7 Å².